The number of fused-ring (bicyclic) bond motifs is 3. The van der Waals surface area contributed by atoms with E-state index in [0.29, 0.717) is 29.0 Å². The highest BCUT2D eigenvalue weighted by molar-refractivity contribution is 7.53. The summed E-state index contributed by atoms with van der Waals surface area (Å²) in [6.07, 6.45) is 2.72. The van der Waals surface area contributed by atoms with Gasteiger partial charge in [0.15, 0.2) is 5.82 Å². The van der Waals surface area contributed by atoms with Gasteiger partial charge in [0.25, 0.3) is 0 Å². The molecule has 0 radical (unpaired) electrons. The van der Waals surface area contributed by atoms with Gasteiger partial charge >= 0.3 is 19.2 Å². The molecule has 5 N–H and O–H groups in total. The summed E-state index contributed by atoms with van der Waals surface area (Å²) in [5.74, 6) is 0.157. The summed E-state index contributed by atoms with van der Waals surface area (Å²) < 4.78 is 53.1. The van der Waals surface area contributed by atoms with Crippen LogP contribution in [0.1, 0.15) is 35.1 Å². The number of halogens is 2. The molecule has 45 heavy (non-hydrogen) atoms. The van der Waals surface area contributed by atoms with Crippen LogP contribution in [0.15, 0.2) is 48.7 Å². The molecule has 2 aromatic heterocycles. The van der Waals surface area contributed by atoms with Crippen molar-refractivity contribution in [3.05, 3.63) is 70.9 Å². The molecular formula is C31H36F2N3O8P. The summed E-state index contributed by atoms with van der Waals surface area (Å²) in [6.45, 7) is 2.16. The quantitative estimate of drug-likeness (QED) is 0.0686. The molecule has 0 fully saturated rings. The van der Waals surface area contributed by atoms with E-state index in [1.807, 2.05) is 49.5 Å². The van der Waals surface area contributed by atoms with Crippen molar-refractivity contribution in [2.45, 2.75) is 44.7 Å². The van der Waals surface area contributed by atoms with E-state index in [1.165, 1.54) is 0 Å². The number of nitrogens with zero attached hydrogens (tertiary/aromatic N) is 2. The van der Waals surface area contributed by atoms with E-state index in [-0.39, 0.29) is 32.8 Å². The van der Waals surface area contributed by atoms with Gasteiger partial charge < -0.3 is 34.8 Å². The molecular weight excluding hydrogens is 611 g/mol. The van der Waals surface area contributed by atoms with Gasteiger partial charge in [0.05, 0.1) is 31.9 Å². The van der Waals surface area contributed by atoms with Gasteiger partial charge in [-0.25, -0.2) is 4.98 Å². The minimum atomic E-state index is -5.50. The van der Waals surface area contributed by atoms with Crippen molar-refractivity contribution in [3.8, 4) is 5.75 Å². The van der Waals surface area contributed by atoms with Crippen molar-refractivity contribution in [2.75, 3.05) is 38.8 Å². The van der Waals surface area contributed by atoms with E-state index >= 15 is 0 Å². The molecule has 0 spiro atoms. The lowest BCUT2D eigenvalue weighted by molar-refractivity contribution is -0.136. The number of aryl methyl sites for hydroxylation is 4. The van der Waals surface area contributed by atoms with Crippen LogP contribution in [0.5, 0.6) is 5.75 Å². The van der Waals surface area contributed by atoms with E-state index in [1.54, 1.807) is 0 Å². The number of carbonyl (C=O) groups is 1. The van der Waals surface area contributed by atoms with Gasteiger partial charge in [-0.05, 0) is 72.7 Å². The fourth-order valence-electron chi connectivity index (χ4n) is 4.74. The van der Waals surface area contributed by atoms with E-state index in [0.717, 1.165) is 45.9 Å². The average Bonchev–Trinajstić information content (AvgIpc) is 2.98. The molecule has 14 heteroatoms. The number of nitrogen functional groups attached to an aromatic ring is 1. The number of alkyl halides is 2. The van der Waals surface area contributed by atoms with Crippen LogP contribution in [0.4, 0.5) is 14.6 Å². The van der Waals surface area contributed by atoms with Gasteiger partial charge in [-0.15, -0.1) is 0 Å². The van der Waals surface area contributed by atoms with E-state index in [4.69, 9.17) is 34.8 Å². The Morgan fingerprint density at radius 2 is 1.67 bits per heavy atom. The van der Waals surface area contributed by atoms with Crippen molar-refractivity contribution in [1.29, 1.82) is 0 Å². The van der Waals surface area contributed by atoms with Crippen molar-refractivity contribution < 1.29 is 47.2 Å². The summed E-state index contributed by atoms with van der Waals surface area (Å²) in [6, 6.07) is 13.6. The minimum Gasteiger partial charge on any atom is -0.491 e. The molecule has 0 atom stereocenters. The number of carboxylic acid groups (broad SMARTS) is 1. The maximum Gasteiger partial charge on any atom is 0.394 e. The molecule has 242 valence electrons. The number of carboxylic acids is 1. The fourth-order valence-corrected chi connectivity index (χ4v) is 5.12. The third-order valence-electron chi connectivity index (χ3n) is 7.25. The van der Waals surface area contributed by atoms with Gasteiger partial charge in [0.1, 0.15) is 17.9 Å². The molecule has 0 saturated carbocycles. The predicted octanol–water partition coefficient (Wildman–Crippen LogP) is 5.05. The van der Waals surface area contributed by atoms with Crippen LogP contribution >= 0.6 is 7.60 Å². The maximum absolute atomic E-state index is 13.2. The normalized spacial score (nSPS) is 12.2. The Hall–Kier alpha value is -3.74. The zero-order valence-corrected chi connectivity index (χ0v) is 25.6. The number of hydrogen-bond acceptors (Lipinski definition) is 8. The van der Waals surface area contributed by atoms with E-state index < -0.39 is 32.3 Å². The molecule has 0 bridgehead atoms. The van der Waals surface area contributed by atoms with Crippen molar-refractivity contribution >= 4 is 41.2 Å². The Labute approximate surface area is 258 Å². The number of anilines is 1. The third kappa shape index (κ3) is 9.38. The molecule has 2 heterocycles. The third-order valence-corrected chi connectivity index (χ3v) is 8.32. The van der Waals surface area contributed by atoms with Crippen molar-refractivity contribution in [1.82, 2.24) is 9.97 Å². The van der Waals surface area contributed by atoms with Crippen LogP contribution in [0, 0.1) is 6.92 Å². The lowest BCUT2D eigenvalue weighted by Crippen LogP contribution is -2.20. The molecule has 4 aromatic rings. The zero-order valence-electron chi connectivity index (χ0n) is 24.7. The molecule has 0 unspecified atom stereocenters. The molecule has 4 rings (SSSR count). The number of pyridine rings is 2. The summed E-state index contributed by atoms with van der Waals surface area (Å²) in [4.78, 5) is 37.2. The van der Waals surface area contributed by atoms with Crippen LogP contribution in [0.3, 0.4) is 0 Å². The van der Waals surface area contributed by atoms with Gasteiger partial charge in [-0.3, -0.25) is 14.3 Å². The zero-order chi connectivity index (χ0) is 32.6. The first-order chi connectivity index (χ1) is 21.3. The standard InChI is InChI=1S/C31H36F2N3O8P/c1-20-16-24(44-15-14-43-13-12-42-11-10-31(32,33)45(39,40)41)7-6-23(20)5-2-22-17-26-25-8-3-21(4-9-28(37)38)18-27(25)36-30(34)29(26)35-19-22/h3,6-8,16-19H,2,4-5,9-15H2,1H3,(H2,34,36)(H,37,38)(H2,39,40,41). The number of aromatic nitrogens is 2. The number of nitrogens with two attached hydrogens (primary N) is 1. The summed E-state index contributed by atoms with van der Waals surface area (Å²) in [5.41, 5.74) is 7.58. The highest BCUT2D eigenvalue weighted by Gasteiger charge is 2.48. The summed E-state index contributed by atoms with van der Waals surface area (Å²) in [5, 5.41) is 10.8. The number of rotatable bonds is 17. The van der Waals surface area contributed by atoms with Gasteiger partial charge in [0.2, 0.25) is 0 Å². The smallest absolute Gasteiger partial charge is 0.394 e. The van der Waals surface area contributed by atoms with Crippen LogP contribution in [-0.2, 0) is 38.1 Å². The topological polar surface area (TPSA) is 174 Å². The van der Waals surface area contributed by atoms with Gasteiger partial charge in [-0.1, -0.05) is 18.2 Å². The number of benzene rings is 2. The Morgan fingerprint density at radius 3 is 2.38 bits per heavy atom. The molecule has 0 aliphatic carbocycles. The van der Waals surface area contributed by atoms with Crippen LogP contribution in [0.2, 0.25) is 0 Å². The Bertz CT molecular complexity index is 1700. The number of hydrogen-bond donors (Lipinski definition) is 4. The number of aliphatic carboxylic acids is 1. The maximum atomic E-state index is 13.2. The van der Waals surface area contributed by atoms with Gasteiger partial charge in [0, 0.05) is 29.8 Å². The molecule has 2 aromatic carbocycles. The lowest BCUT2D eigenvalue weighted by Gasteiger charge is -2.17. The molecule has 0 saturated heterocycles. The van der Waals surface area contributed by atoms with Crippen molar-refractivity contribution in [3.63, 3.8) is 0 Å². The van der Waals surface area contributed by atoms with E-state index in [2.05, 4.69) is 16.0 Å². The summed E-state index contributed by atoms with van der Waals surface area (Å²) in [7, 11) is -5.50. The van der Waals surface area contributed by atoms with E-state index in [9.17, 15) is 18.1 Å². The summed E-state index contributed by atoms with van der Waals surface area (Å²) >= 11 is 0. The first-order valence-electron chi connectivity index (χ1n) is 14.3. The second kappa shape index (κ2) is 15.0. The lowest BCUT2D eigenvalue weighted by atomic mass is 9.99. The molecule has 0 amide bonds. The first-order valence-corrected chi connectivity index (χ1v) is 15.9. The second-order valence-corrected chi connectivity index (χ2v) is 12.3. The SMILES string of the molecule is Cc1cc(OCCOCCOCCC(F)(F)P(=O)(O)O)ccc1CCc1cnc2c(N)nc3cc(CCC(=O)O)ccc3c2c1. The second-order valence-electron chi connectivity index (χ2n) is 10.6. The Morgan fingerprint density at radius 1 is 0.933 bits per heavy atom. The fraction of sp³-hybridized carbons (Fsp3) is 0.387. The van der Waals surface area contributed by atoms with Crippen LogP contribution < -0.4 is 10.5 Å². The first kappa shape index (κ1) is 34.1. The number of ether oxygens (including phenoxy) is 3. The van der Waals surface area contributed by atoms with Crippen LogP contribution in [-0.4, -0.2) is 69.5 Å². The van der Waals surface area contributed by atoms with Gasteiger partial charge in [-0.2, -0.15) is 8.78 Å². The highest BCUT2D eigenvalue weighted by Crippen LogP contribution is 2.54. The van der Waals surface area contributed by atoms with Crippen molar-refractivity contribution in [2.24, 2.45) is 0 Å². The average molecular weight is 648 g/mol. The Kier molecular flexibility index (Phi) is 11.4. The molecule has 0 aliphatic heterocycles. The Balaban J connectivity index is 1.25. The predicted molar refractivity (Wildman–Crippen MR) is 165 cm³/mol. The monoisotopic (exact) mass is 647 g/mol. The highest BCUT2D eigenvalue weighted by atomic mass is 31.2. The van der Waals surface area contributed by atoms with Crippen LogP contribution in [0.25, 0.3) is 21.8 Å². The minimum absolute atomic E-state index is 0.00774. The largest absolute Gasteiger partial charge is 0.491 e. The molecule has 0 aliphatic rings. The molecule has 11 nitrogen and oxygen atoms in total.